The predicted molar refractivity (Wildman–Crippen MR) is 75.1 cm³/mol. The number of amides is 1. The number of primary amides is 1. The van der Waals surface area contributed by atoms with Gasteiger partial charge in [-0.05, 0) is 43.1 Å². The highest BCUT2D eigenvalue weighted by atomic mass is 35.5. The van der Waals surface area contributed by atoms with Crippen LogP contribution in [0.2, 0.25) is 10.0 Å². The topological polar surface area (TPSA) is 66.6 Å². The first-order chi connectivity index (χ1) is 8.90. The van der Waals surface area contributed by atoms with E-state index in [-0.39, 0.29) is 6.54 Å². The van der Waals surface area contributed by atoms with Crippen molar-refractivity contribution in [3.8, 4) is 0 Å². The number of β-amino-alcohol motifs (C(OH)–C–C–N with tert-alkyl or cyclic N) is 1. The monoisotopic (exact) mass is 302 g/mol. The summed E-state index contributed by atoms with van der Waals surface area (Å²) in [4.78, 5) is 13.3. The standard InChI is InChI=1S/C13H16Cl2N2O2/c14-10-2-3-11(15)9(6-10)7-17-5-1-4-13(19,8-17)12(16)18/h2-3,6,19H,1,4-5,7-8H2,(H2,16,18)/t13-/m1/s1. The molecule has 19 heavy (non-hydrogen) atoms. The second kappa shape index (κ2) is 5.67. The number of carbonyl (C=O) groups excluding carboxylic acids is 1. The highest BCUT2D eigenvalue weighted by molar-refractivity contribution is 6.33. The third kappa shape index (κ3) is 3.39. The highest BCUT2D eigenvalue weighted by Gasteiger charge is 2.38. The van der Waals surface area contributed by atoms with Crippen LogP contribution in [-0.2, 0) is 11.3 Å². The molecule has 2 rings (SSSR count). The van der Waals surface area contributed by atoms with Gasteiger partial charge in [0, 0.05) is 23.1 Å². The number of rotatable bonds is 3. The fraction of sp³-hybridized carbons (Fsp3) is 0.462. The lowest BCUT2D eigenvalue weighted by Gasteiger charge is -2.37. The molecular weight excluding hydrogens is 287 g/mol. The van der Waals surface area contributed by atoms with Crippen molar-refractivity contribution in [2.75, 3.05) is 13.1 Å². The van der Waals surface area contributed by atoms with Crippen molar-refractivity contribution >= 4 is 29.1 Å². The SMILES string of the molecule is NC(=O)[C@@]1(O)CCCN(Cc2cc(Cl)ccc2Cl)C1. The summed E-state index contributed by atoms with van der Waals surface area (Å²) in [7, 11) is 0. The molecule has 1 atom stereocenters. The maximum atomic E-state index is 11.3. The molecule has 1 saturated heterocycles. The van der Waals surface area contributed by atoms with Crippen molar-refractivity contribution in [1.82, 2.24) is 4.90 Å². The van der Waals surface area contributed by atoms with E-state index in [2.05, 4.69) is 0 Å². The van der Waals surface area contributed by atoms with Gasteiger partial charge in [0.2, 0.25) is 0 Å². The van der Waals surface area contributed by atoms with E-state index >= 15 is 0 Å². The normalized spacial score (nSPS) is 24.4. The van der Waals surface area contributed by atoms with Gasteiger partial charge in [-0.25, -0.2) is 0 Å². The summed E-state index contributed by atoms with van der Waals surface area (Å²) in [5.41, 5.74) is 4.68. The Bertz CT molecular complexity index is 496. The quantitative estimate of drug-likeness (QED) is 0.895. The van der Waals surface area contributed by atoms with Crippen LogP contribution in [0.3, 0.4) is 0 Å². The van der Waals surface area contributed by atoms with Gasteiger partial charge in [0.25, 0.3) is 5.91 Å². The average Bonchev–Trinajstić information content (AvgIpc) is 2.34. The maximum Gasteiger partial charge on any atom is 0.250 e. The minimum atomic E-state index is -1.44. The summed E-state index contributed by atoms with van der Waals surface area (Å²) in [6.07, 6.45) is 1.12. The summed E-state index contributed by atoms with van der Waals surface area (Å²) in [5, 5.41) is 11.4. The number of hydrogen-bond donors (Lipinski definition) is 2. The molecule has 0 aromatic heterocycles. The Labute approximate surface area is 122 Å². The van der Waals surface area contributed by atoms with Crippen LogP contribution >= 0.6 is 23.2 Å². The van der Waals surface area contributed by atoms with Gasteiger partial charge in [-0.2, -0.15) is 0 Å². The Morgan fingerprint density at radius 3 is 2.89 bits per heavy atom. The molecule has 0 spiro atoms. The summed E-state index contributed by atoms with van der Waals surface area (Å²) in [5.74, 6) is -0.672. The van der Waals surface area contributed by atoms with Crippen molar-refractivity contribution in [2.24, 2.45) is 5.73 Å². The van der Waals surface area contributed by atoms with Gasteiger partial charge in [0.1, 0.15) is 0 Å². The van der Waals surface area contributed by atoms with Crippen molar-refractivity contribution in [3.05, 3.63) is 33.8 Å². The number of aliphatic hydroxyl groups is 1. The molecule has 6 heteroatoms. The van der Waals surface area contributed by atoms with Gasteiger partial charge in [0.05, 0.1) is 0 Å². The molecule has 0 radical (unpaired) electrons. The Balaban J connectivity index is 2.11. The molecule has 1 fully saturated rings. The van der Waals surface area contributed by atoms with E-state index in [1.165, 1.54) is 0 Å². The lowest BCUT2D eigenvalue weighted by atomic mass is 9.92. The second-order valence-electron chi connectivity index (χ2n) is 4.95. The molecule has 0 aliphatic carbocycles. The number of carbonyl (C=O) groups is 1. The second-order valence-corrected chi connectivity index (χ2v) is 5.79. The lowest BCUT2D eigenvalue weighted by molar-refractivity contribution is -0.142. The van der Waals surface area contributed by atoms with E-state index in [1.807, 2.05) is 4.90 Å². The van der Waals surface area contributed by atoms with Crippen molar-refractivity contribution in [3.63, 3.8) is 0 Å². The number of nitrogens with two attached hydrogens (primary N) is 1. The number of piperidine rings is 1. The molecule has 3 N–H and O–H groups in total. The maximum absolute atomic E-state index is 11.3. The first-order valence-corrected chi connectivity index (χ1v) is 6.85. The number of benzene rings is 1. The van der Waals surface area contributed by atoms with Gasteiger partial charge in [-0.15, -0.1) is 0 Å². The first-order valence-electron chi connectivity index (χ1n) is 6.09. The van der Waals surface area contributed by atoms with E-state index in [4.69, 9.17) is 28.9 Å². The van der Waals surface area contributed by atoms with Crippen molar-refractivity contribution < 1.29 is 9.90 Å². The van der Waals surface area contributed by atoms with E-state index in [0.29, 0.717) is 23.0 Å². The zero-order valence-electron chi connectivity index (χ0n) is 10.4. The van der Waals surface area contributed by atoms with Crippen LogP contribution in [0, 0.1) is 0 Å². The zero-order chi connectivity index (χ0) is 14.0. The summed E-state index contributed by atoms with van der Waals surface area (Å²) >= 11 is 12.0. The molecule has 1 heterocycles. The van der Waals surface area contributed by atoms with E-state index < -0.39 is 11.5 Å². The van der Waals surface area contributed by atoms with Crippen molar-refractivity contribution in [2.45, 2.75) is 25.0 Å². The molecule has 4 nitrogen and oxygen atoms in total. The van der Waals surface area contributed by atoms with Gasteiger partial charge in [-0.1, -0.05) is 23.2 Å². The third-order valence-electron chi connectivity index (χ3n) is 3.41. The Morgan fingerprint density at radius 1 is 1.47 bits per heavy atom. The minimum absolute atomic E-state index is 0.227. The molecule has 104 valence electrons. The molecule has 1 aromatic carbocycles. The number of hydrogen-bond acceptors (Lipinski definition) is 3. The third-order valence-corrected chi connectivity index (χ3v) is 4.01. The zero-order valence-corrected chi connectivity index (χ0v) is 11.9. The molecule has 1 aliphatic heterocycles. The molecule has 1 aliphatic rings. The summed E-state index contributed by atoms with van der Waals surface area (Å²) in [6, 6.07) is 5.26. The molecular formula is C13H16Cl2N2O2. The van der Waals surface area contributed by atoms with E-state index in [1.54, 1.807) is 18.2 Å². The minimum Gasteiger partial charge on any atom is -0.379 e. The van der Waals surface area contributed by atoms with Crippen molar-refractivity contribution in [1.29, 1.82) is 0 Å². The van der Waals surface area contributed by atoms with Crippen LogP contribution < -0.4 is 5.73 Å². The van der Waals surface area contributed by atoms with Crippen LogP contribution in [0.4, 0.5) is 0 Å². The van der Waals surface area contributed by atoms with Gasteiger partial charge in [0.15, 0.2) is 5.60 Å². The fourth-order valence-corrected chi connectivity index (χ4v) is 2.74. The number of likely N-dealkylation sites (tertiary alicyclic amines) is 1. The largest absolute Gasteiger partial charge is 0.379 e. The van der Waals surface area contributed by atoms with Crippen LogP contribution in [0.1, 0.15) is 18.4 Å². The molecule has 0 saturated carbocycles. The smallest absolute Gasteiger partial charge is 0.250 e. The Hall–Kier alpha value is -0.810. The van der Waals surface area contributed by atoms with Crippen LogP contribution in [0.25, 0.3) is 0 Å². The summed E-state index contributed by atoms with van der Waals surface area (Å²) in [6.45, 7) is 1.55. The van der Waals surface area contributed by atoms with Crippen LogP contribution in [0.5, 0.6) is 0 Å². The van der Waals surface area contributed by atoms with Gasteiger partial charge in [-0.3, -0.25) is 9.69 Å². The van der Waals surface area contributed by atoms with E-state index in [9.17, 15) is 9.90 Å². The molecule has 1 amide bonds. The van der Waals surface area contributed by atoms with Crippen LogP contribution in [-0.4, -0.2) is 34.6 Å². The molecule has 0 bridgehead atoms. The number of nitrogens with zero attached hydrogens (tertiary/aromatic N) is 1. The molecule has 0 unspecified atom stereocenters. The Kier molecular flexibility index (Phi) is 4.36. The van der Waals surface area contributed by atoms with E-state index in [0.717, 1.165) is 18.5 Å². The average molecular weight is 303 g/mol. The predicted octanol–water partition coefficient (Wildman–Crippen LogP) is 1.81. The lowest BCUT2D eigenvalue weighted by Crippen LogP contribution is -2.55. The summed E-state index contributed by atoms with van der Waals surface area (Å²) < 4.78 is 0. The Morgan fingerprint density at radius 2 is 2.21 bits per heavy atom. The fourth-order valence-electron chi connectivity index (χ4n) is 2.36. The molecule has 1 aromatic rings. The van der Waals surface area contributed by atoms with Gasteiger partial charge < -0.3 is 10.8 Å². The highest BCUT2D eigenvalue weighted by Crippen LogP contribution is 2.26. The number of halogens is 2. The van der Waals surface area contributed by atoms with Gasteiger partial charge >= 0.3 is 0 Å². The van der Waals surface area contributed by atoms with Crippen LogP contribution in [0.15, 0.2) is 18.2 Å². The first kappa shape index (κ1) is 14.6.